The Bertz CT molecular complexity index is 712. The molecule has 0 heterocycles. The molecule has 1 saturated carbocycles. The van der Waals surface area contributed by atoms with Crippen molar-refractivity contribution in [3.05, 3.63) is 59.7 Å². The van der Waals surface area contributed by atoms with Crippen molar-refractivity contribution in [1.82, 2.24) is 0 Å². The highest BCUT2D eigenvalue weighted by Crippen LogP contribution is 2.39. The molecule has 0 saturated heterocycles. The molecule has 1 aliphatic rings. The highest BCUT2D eigenvalue weighted by molar-refractivity contribution is 5.64. The van der Waals surface area contributed by atoms with Crippen molar-refractivity contribution in [2.45, 2.75) is 64.7 Å². The van der Waals surface area contributed by atoms with Gasteiger partial charge in [0.1, 0.15) is 0 Å². The molecule has 1 heteroatoms. The predicted octanol–water partition coefficient (Wildman–Crippen LogP) is 7.33. The smallest absolute Gasteiger partial charge is 0.0991 e. The van der Waals surface area contributed by atoms with Gasteiger partial charge in [-0.3, -0.25) is 0 Å². The van der Waals surface area contributed by atoms with Gasteiger partial charge in [-0.1, -0.05) is 63.1 Å². The first-order chi connectivity index (χ1) is 12.7. The zero-order valence-corrected chi connectivity index (χ0v) is 16.2. The van der Waals surface area contributed by atoms with E-state index in [0.29, 0.717) is 0 Å². The van der Waals surface area contributed by atoms with E-state index in [1.54, 1.807) is 0 Å². The van der Waals surface area contributed by atoms with Gasteiger partial charge in [0.25, 0.3) is 0 Å². The minimum Gasteiger partial charge on any atom is -0.192 e. The van der Waals surface area contributed by atoms with Crippen LogP contribution < -0.4 is 0 Å². The largest absolute Gasteiger partial charge is 0.192 e. The van der Waals surface area contributed by atoms with Gasteiger partial charge in [0.15, 0.2) is 0 Å². The number of rotatable bonds is 6. The molecular formula is C25H31N. The van der Waals surface area contributed by atoms with E-state index < -0.39 is 0 Å². The lowest BCUT2D eigenvalue weighted by atomic mass is 9.75. The van der Waals surface area contributed by atoms with E-state index in [4.69, 9.17) is 5.26 Å². The first-order valence-electron chi connectivity index (χ1n) is 10.3. The summed E-state index contributed by atoms with van der Waals surface area (Å²) < 4.78 is 0. The van der Waals surface area contributed by atoms with Crippen LogP contribution in [0.5, 0.6) is 0 Å². The van der Waals surface area contributed by atoms with E-state index in [2.05, 4.69) is 44.2 Å². The maximum Gasteiger partial charge on any atom is 0.0991 e. The third-order valence-corrected chi connectivity index (χ3v) is 6.09. The molecule has 0 spiro atoms. The highest BCUT2D eigenvalue weighted by Gasteiger charge is 2.23. The van der Waals surface area contributed by atoms with Crippen LogP contribution in [0.4, 0.5) is 0 Å². The zero-order chi connectivity index (χ0) is 18.4. The second kappa shape index (κ2) is 9.04. The monoisotopic (exact) mass is 345 g/mol. The lowest BCUT2D eigenvalue weighted by Crippen LogP contribution is -2.15. The Labute approximate surface area is 159 Å². The summed E-state index contributed by atoms with van der Waals surface area (Å²) in [6, 6.07) is 19.2. The summed E-state index contributed by atoms with van der Waals surface area (Å²) in [5.74, 6) is 2.58. The first kappa shape index (κ1) is 18.7. The lowest BCUT2D eigenvalue weighted by Gasteiger charge is -2.30. The molecule has 1 unspecified atom stereocenters. The molecule has 0 radical (unpaired) electrons. The van der Waals surface area contributed by atoms with Crippen LogP contribution in [0.2, 0.25) is 0 Å². The topological polar surface area (TPSA) is 23.8 Å². The van der Waals surface area contributed by atoms with Crippen LogP contribution in [0, 0.1) is 23.2 Å². The summed E-state index contributed by atoms with van der Waals surface area (Å²) >= 11 is 0. The normalized spacial score (nSPS) is 21.1. The van der Waals surface area contributed by atoms with Crippen molar-refractivity contribution in [1.29, 1.82) is 5.26 Å². The van der Waals surface area contributed by atoms with Gasteiger partial charge in [0.2, 0.25) is 0 Å². The molecule has 0 N–H and O–H groups in total. The summed E-state index contributed by atoms with van der Waals surface area (Å²) in [6.45, 7) is 4.73. The third-order valence-electron chi connectivity index (χ3n) is 6.09. The Morgan fingerprint density at radius 3 is 2.04 bits per heavy atom. The van der Waals surface area contributed by atoms with E-state index in [-0.39, 0.29) is 0 Å². The molecular weight excluding hydrogens is 314 g/mol. The van der Waals surface area contributed by atoms with Gasteiger partial charge >= 0.3 is 0 Å². The Morgan fingerprint density at radius 2 is 1.50 bits per heavy atom. The molecule has 1 fully saturated rings. The summed E-state index contributed by atoms with van der Waals surface area (Å²) in [7, 11) is 0. The van der Waals surface area contributed by atoms with E-state index >= 15 is 0 Å². The third kappa shape index (κ3) is 4.76. The predicted molar refractivity (Wildman–Crippen MR) is 110 cm³/mol. The Morgan fingerprint density at radius 1 is 0.923 bits per heavy atom. The van der Waals surface area contributed by atoms with Gasteiger partial charge in [-0.15, -0.1) is 0 Å². The number of hydrogen-bond acceptors (Lipinski definition) is 1. The number of benzene rings is 2. The van der Waals surface area contributed by atoms with Crippen molar-refractivity contribution in [2.24, 2.45) is 11.8 Å². The Hall–Kier alpha value is -2.07. The summed E-state index contributed by atoms with van der Waals surface area (Å²) in [6.07, 6.45) is 9.63. The molecule has 1 atom stereocenters. The minimum atomic E-state index is 0.718. The van der Waals surface area contributed by atoms with Crippen molar-refractivity contribution >= 4 is 0 Å². The molecule has 0 amide bonds. The maximum atomic E-state index is 8.92. The minimum absolute atomic E-state index is 0.718. The van der Waals surface area contributed by atoms with Crippen LogP contribution in [-0.2, 0) is 0 Å². The van der Waals surface area contributed by atoms with E-state index in [1.807, 2.05) is 24.3 Å². The van der Waals surface area contributed by atoms with Crippen LogP contribution in [0.3, 0.4) is 0 Å². The fourth-order valence-corrected chi connectivity index (χ4v) is 4.60. The number of nitriles is 1. The fourth-order valence-electron chi connectivity index (χ4n) is 4.60. The number of nitrogens with zero attached hydrogens (tertiary/aromatic N) is 1. The second-order valence-electron chi connectivity index (χ2n) is 8.16. The number of hydrogen-bond donors (Lipinski definition) is 0. The van der Waals surface area contributed by atoms with Crippen LogP contribution >= 0.6 is 0 Å². The summed E-state index contributed by atoms with van der Waals surface area (Å²) in [5.41, 5.74) is 4.64. The lowest BCUT2D eigenvalue weighted by molar-refractivity contribution is 0.269. The van der Waals surface area contributed by atoms with Gasteiger partial charge in [-0.2, -0.15) is 5.26 Å². The van der Waals surface area contributed by atoms with Gasteiger partial charge in [-0.25, -0.2) is 0 Å². The summed E-state index contributed by atoms with van der Waals surface area (Å²) in [4.78, 5) is 0. The summed E-state index contributed by atoms with van der Waals surface area (Å²) in [5, 5.41) is 8.92. The molecule has 0 bridgehead atoms. The molecule has 1 aliphatic carbocycles. The highest BCUT2D eigenvalue weighted by atomic mass is 14.3. The fraction of sp³-hybridized carbons (Fsp3) is 0.480. The van der Waals surface area contributed by atoms with Crippen LogP contribution in [0.15, 0.2) is 48.5 Å². The van der Waals surface area contributed by atoms with Crippen LogP contribution in [0.1, 0.15) is 75.8 Å². The van der Waals surface area contributed by atoms with Crippen LogP contribution in [0.25, 0.3) is 11.1 Å². The van der Waals surface area contributed by atoms with Gasteiger partial charge in [-0.05, 0) is 78.7 Å². The average molecular weight is 346 g/mol. The van der Waals surface area contributed by atoms with Crippen molar-refractivity contribution in [3.63, 3.8) is 0 Å². The Balaban J connectivity index is 1.57. The SMILES string of the molecule is CCCC(C)CC1CCC(c2ccc(-c3ccc(C#N)cc3)cc2)CC1. The molecule has 2 aromatic carbocycles. The van der Waals surface area contributed by atoms with E-state index in [9.17, 15) is 0 Å². The van der Waals surface area contributed by atoms with Gasteiger partial charge in [0.05, 0.1) is 11.6 Å². The molecule has 2 aromatic rings. The molecule has 26 heavy (non-hydrogen) atoms. The molecule has 136 valence electrons. The Kier molecular flexibility index (Phi) is 6.51. The molecule has 1 nitrogen and oxygen atoms in total. The van der Waals surface area contributed by atoms with Crippen molar-refractivity contribution < 1.29 is 0 Å². The first-order valence-corrected chi connectivity index (χ1v) is 10.3. The average Bonchev–Trinajstić information content (AvgIpc) is 2.69. The molecule has 0 aromatic heterocycles. The molecule has 0 aliphatic heterocycles. The van der Waals surface area contributed by atoms with Gasteiger partial charge in [0, 0.05) is 0 Å². The van der Waals surface area contributed by atoms with E-state index in [1.165, 1.54) is 61.6 Å². The second-order valence-corrected chi connectivity index (χ2v) is 8.16. The molecule has 3 rings (SSSR count). The van der Waals surface area contributed by atoms with Crippen LogP contribution in [-0.4, -0.2) is 0 Å². The zero-order valence-electron chi connectivity index (χ0n) is 16.2. The van der Waals surface area contributed by atoms with Gasteiger partial charge < -0.3 is 0 Å². The van der Waals surface area contributed by atoms with E-state index in [0.717, 1.165) is 23.3 Å². The van der Waals surface area contributed by atoms with Crippen molar-refractivity contribution in [3.8, 4) is 17.2 Å². The standard InChI is InChI=1S/C25H31N/c1-3-4-19(2)17-20-5-9-22(10-6-20)24-13-15-25(16-14-24)23-11-7-21(18-26)8-12-23/h7-8,11-16,19-20,22H,3-6,9-10,17H2,1-2H3. The van der Waals surface area contributed by atoms with Crippen molar-refractivity contribution in [2.75, 3.05) is 0 Å². The maximum absolute atomic E-state index is 8.92. The quantitative estimate of drug-likeness (QED) is 0.538.